The van der Waals surface area contributed by atoms with Crippen molar-refractivity contribution in [1.82, 2.24) is 0 Å². The Morgan fingerprint density at radius 1 is 1.42 bits per heavy atom. The van der Waals surface area contributed by atoms with Crippen molar-refractivity contribution in [2.45, 2.75) is 39.9 Å². The molecule has 0 aliphatic carbocycles. The summed E-state index contributed by atoms with van der Waals surface area (Å²) in [7, 11) is -1.61. The first kappa shape index (κ1) is 11.4. The largest absolute Gasteiger partial charge is 0.300 e. The summed E-state index contributed by atoms with van der Waals surface area (Å²) in [6.45, 7) is 10.2. The van der Waals surface area contributed by atoms with Gasteiger partial charge in [0.05, 0.1) is 0 Å². The van der Waals surface area contributed by atoms with Crippen LogP contribution in [0.25, 0.3) is 0 Å². The van der Waals surface area contributed by atoms with Gasteiger partial charge in [0, 0.05) is 6.08 Å². The van der Waals surface area contributed by atoms with Crippen LogP contribution in [0.4, 0.5) is 0 Å². The molecule has 0 aliphatic rings. The molecule has 0 N–H and O–H groups in total. The maximum absolute atomic E-state index is 11.4. The Labute approximate surface area is 76.2 Å². The molecule has 0 bridgehead atoms. The van der Waals surface area contributed by atoms with E-state index in [1.54, 1.807) is 6.08 Å². The van der Waals surface area contributed by atoms with E-state index in [-0.39, 0.29) is 5.41 Å². The van der Waals surface area contributed by atoms with Crippen molar-refractivity contribution in [3.63, 3.8) is 0 Å². The third kappa shape index (κ3) is 4.32. The second kappa shape index (κ2) is 4.44. The van der Waals surface area contributed by atoms with Crippen LogP contribution in [-0.4, -0.2) is 13.5 Å². The Morgan fingerprint density at radius 2 is 1.92 bits per heavy atom. The molecule has 0 saturated heterocycles. The Balaban J connectivity index is 4.48. The van der Waals surface area contributed by atoms with E-state index in [2.05, 4.69) is 32.3 Å². The van der Waals surface area contributed by atoms with Gasteiger partial charge in [-0.2, -0.15) is 0 Å². The van der Waals surface area contributed by atoms with Crippen molar-refractivity contribution in [1.29, 1.82) is 0 Å². The van der Waals surface area contributed by atoms with Gasteiger partial charge in [-0.05, 0) is 18.9 Å². The van der Waals surface area contributed by atoms with Crippen molar-refractivity contribution in [3.05, 3.63) is 17.4 Å². The molecule has 0 spiro atoms. The molecule has 68 valence electrons. The third-order valence-electron chi connectivity index (χ3n) is 1.72. The number of hydrogen-bond acceptors (Lipinski definition) is 1. The molecular formula is C10H18OSi. The lowest BCUT2D eigenvalue weighted by Gasteiger charge is -2.08. The Hall–Kier alpha value is -0.593. The maximum atomic E-state index is 11.4. The van der Waals surface area contributed by atoms with E-state index in [0.717, 1.165) is 12.0 Å². The minimum atomic E-state index is -1.61. The van der Waals surface area contributed by atoms with Crippen LogP contribution >= 0.6 is 0 Å². The normalized spacial score (nSPS) is 10.4. The van der Waals surface area contributed by atoms with E-state index in [9.17, 15) is 4.79 Å². The van der Waals surface area contributed by atoms with E-state index >= 15 is 0 Å². The van der Waals surface area contributed by atoms with Gasteiger partial charge in [-0.1, -0.05) is 26.6 Å². The van der Waals surface area contributed by atoms with Gasteiger partial charge in [0.1, 0.15) is 13.5 Å². The van der Waals surface area contributed by atoms with Crippen molar-refractivity contribution in [2.75, 3.05) is 0 Å². The SMILES string of the molecule is CCC(C)=C=CC(=O)[Si](C)(C)C. The van der Waals surface area contributed by atoms with Crippen molar-refractivity contribution in [2.24, 2.45) is 0 Å². The zero-order chi connectivity index (χ0) is 9.78. The molecule has 0 amide bonds. The monoisotopic (exact) mass is 182 g/mol. The number of carbonyl (C=O) groups excluding carboxylic acids is 1. The van der Waals surface area contributed by atoms with Gasteiger partial charge in [-0.3, -0.25) is 0 Å². The zero-order valence-corrected chi connectivity index (χ0v) is 9.69. The Bertz CT molecular complexity index is 227. The summed E-state index contributed by atoms with van der Waals surface area (Å²) >= 11 is 0. The van der Waals surface area contributed by atoms with Crippen LogP contribution in [0.3, 0.4) is 0 Å². The lowest BCUT2D eigenvalue weighted by molar-refractivity contribution is -0.108. The molecule has 0 aromatic heterocycles. The van der Waals surface area contributed by atoms with Gasteiger partial charge < -0.3 is 4.79 Å². The highest BCUT2D eigenvalue weighted by molar-refractivity contribution is 7.04. The number of hydrogen-bond donors (Lipinski definition) is 0. The summed E-state index contributed by atoms with van der Waals surface area (Å²) in [5, 5.41) is 0.273. The standard InChI is InChI=1S/C10H18OSi/c1-6-9(2)7-8-10(11)12(3,4)5/h8H,6H2,1-5H3. The third-order valence-corrected chi connectivity index (χ3v) is 3.34. The summed E-state index contributed by atoms with van der Waals surface area (Å²) in [6, 6.07) is 0. The lowest BCUT2D eigenvalue weighted by atomic mass is 10.2. The van der Waals surface area contributed by atoms with Crippen LogP contribution in [0.1, 0.15) is 20.3 Å². The van der Waals surface area contributed by atoms with Gasteiger partial charge in [-0.25, -0.2) is 0 Å². The fourth-order valence-corrected chi connectivity index (χ4v) is 1.01. The first-order chi connectivity index (χ1) is 5.38. The van der Waals surface area contributed by atoms with Crippen molar-refractivity contribution < 1.29 is 4.79 Å². The van der Waals surface area contributed by atoms with Crippen molar-refractivity contribution >= 4 is 13.5 Å². The molecule has 0 atom stereocenters. The van der Waals surface area contributed by atoms with Gasteiger partial charge in [0.2, 0.25) is 0 Å². The molecule has 2 heteroatoms. The quantitative estimate of drug-likeness (QED) is 0.372. The summed E-state index contributed by atoms with van der Waals surface area (Å²) < 4.78 is 0. The fraction of sp³-hybridized carbons (Fsp3) is 0.600. The fourth-order valence-electron chi connectivity index (χ4n) is 0.507. The summed E-state index contributed by atoms with van der Waals surface area (Å²) in [5.41, 5.74) is 4.16. The van der Waals surface area contributed by atoms with Crippen LogP contribution in [0.15, 0.2) is 17.4 Å². The van der Waals surface area contributed by atoms with Crippen LogP contribution in [0, 0.1) is 0 Å². The second-order valence-electron chi connectivity index (χ2n) is 4.04. The molecule has 0 aromatic carbocycles. The minimum absolute atomic E-state index is 0.273. The molecule has 0 fully saturated rings. The van der Waals surface area contributed by atoms with Crippen LogP contribution in [0.2, 0.25) is 19.6 Å². The predicted octanol–water partition coefficient (Wildman–Crippen LogP) is 2.94. The molecular weight excluding hydrogens is 164 g/mol. The van der Waals surface area contributed by atoms with Gasteiger partial charge in [0.15, 0.2) is 0 Å². The topological polar surface area (TPSA) is 17.1 Å². The van der Waals surface area contributed by atoms with Crippen LogP contribution in [-0.2, 0) is 4.79 Å². The van der Waals surface area contributed by atoms with Gasteiger partial charge in [-0.15, -0.1) is 5.73 Å². The van der Waals surface area contributed by atoms with Crippen molar-refractivity contribution in [3.8, 4) is 0 Å². The molecule has 1 nitrogen and oxygen atoms in total. The number of allylic oxidation sites excluding steroid dienone is 1. The highest BCUT2D eigenvalue weighted by atomic mass is 28.3. The Kier molecular flexibility index (Phi) is 4.22. The smallest absolute Gasteiger partial charge is 0.140 e. The molecule has 0 aliphatic heterocycles. The first-order valence-corrected chi connectivity index (χ1v) is 7.84. The molecule has 12 heavy (non-hydrogen) atoms. The second-order valence-corrected chi connectivity index (χ2v) is 9.03. The average Bonchev–Trinajstić information content (AvgIpc) is 1.97. The number of carbonyl (C=O) groups is 1. The molecule has 0 saturated carbocycles. The molecule has 0 radical (unpaired) electrons. The van der Waals surface area contributed by atoms with Gasteiger partial charge >= 0.3 is 0 Å². The van der Waals surface area contributed by atoms with E-state index in [4.69, 9.17) is 0 Å². The predicted molar refractivity (Wildman–Crippen MR) is 55.9 cm³/mol. The lowest BCUT2D eigenvalue weighted by Crippen LogP contribution is -2.31. The van der Waals surface area contributed by atoms with Crippen LogP contribution < -0.4 is 0 Å². The van der Waals surface area contributed by atoms with E-state index < -0.39 is 8.07 Å². The van der Waals surface area contributed by atoms with E-state index in [0.29, 0.717) is 0 Å². The highest BCUT2D eigenvalue weighted by Gasteiger charge is 2.20. The minimum Gasteiger partial charge on any atom is -0.300 e. The number of rotatable bonds is 3. The van der Waals surface area contributed by atoms with E-state index in [1.807, 2.05) is 6.92 Å². The zero-order valence-electron chi connectivity index (χ0n) is 8.69. The summed E-state index contributed by atoms with van der Waals surface area (Å²) in [4.78, 5) is 11.4. The molecule has 0 heterocycles. The first-order valence-electron chi connectivity index (χ1n) is 4.34. The van der Waals surface area contributed by atoms with Crippen LogP contribution in [0.5, 0.6) is 0 Å². The summed E-state index contributed by atoms with van der Waals surface area (Å²) in [6.07, 6.45) is 2.58. The van der Waals surface area contributed by atoms with E-state index in [1.165, 1.54) is 0 Å². The molecule has 0 unspecified atom stereocenters. The Morgan fingerprint density at radius 3 is 2.25 bits per heavy atom. The maximum Gasteiger partial charge on any atom is 0.140 e. The summed E-state index contributed by atoms with van der Waals surface area (Å²) in [5.74, 6) is 0. The highest BCUT2D eigenvalue weighted by Crippen LogP contribution is 2.03. The average molecular weight is 182 g/mol. The van der Waals surface area contributed by atoms with Gasteiger partial charge in [0.25, 0.3) is 0 Å². The molecule has 0 rings (SSSR count). The molecule has 0 aromatic rings.